The Morgan fingerprint density at radius 3 is 2.50 bits per heavy atom. The van der Waals surface area contributed by atoms with E-state index in [0.29, 0.717) is 17.7 Å². The average molecular weight is 340 g/mol. The molecule has 0 aliphatic heterocycles. The number of benzene rings is 2. The molecule has 2 rings (SSSR count). The standard InChI is InChI=1S/C19H20N2O2S/c20-12-15-6-8-16(9-7-15)13-24-14-19(23)21-18(10-11-22)17-4-2-1-3-5-17/h1-9,18,22H,10-11,13-14H2,(H,21,23). The van der Waals surface area contributed by atoms with E-state index in [4.69, 9.17) is 5.26 Å². The molecule has 4 nitrogen and oxygen atoms in total. The Bertz CT molecular complexity index is 681. The molecule has 0 fully saturated rings. The lowest BCUT2D eigenvalue weighted by atomic mass is 10.0. The summed E-state index contributed by atoms with van der Waals surface area (Å²) in [5, 5.41) is 20.9. The highest BCUT2D eigenvalue weighted by Gasteiger charge is 2.13. The van der Waals surface area contributed by atoms with Crippen molar-refractivity contribution in [2.45, 2.75) is 18.2 Å². The zero-order valence-electron chi connectivity index (χ0n) is 13.3. The second kappa shape index (κ2) is 9.76. The van der Waals surface area contributed by atoms with Crippen molar-refractivity contribution < 1.29 is 9.90 Å². The average Bonchev–Trinajstić information content (AvgIpc) is 2.63. The Morgan fingerprint density at radius 1 is 1.17 bits per heavy atom. The smallest absolute Gasteiger partial charge is 0.230 e. The zero-order valence-corrected chi connectivity index (χ0v) is 14.1. The van der Waals surface area contributed by atoms with Crippen molar-refractivity contribution in [2.24, 2.45) is 0 Å². The van der Waals surface area contributed by atoms with Crippen molar-refractivity contribution in [3.8, 4) is 6.07 Å². The summed E-state index contributed by atoms with van der Waals surface area (Å²) in [5.41, 5.74) is 2.72. The molecule has 1 atom stereocenters. The number of nitrogens with one attached hydrogen (secondary N) is 1. The molecule has 0 aliphatic carbocycles. The highest BCUT2D eigenvalue weighted by atomic mass is 32.2. The van der Waals surface area contributed by atoms with Crippen LogP contribution in [0.3, 0.4) is 0 Å². The Labute approximate surface area is 146 Å². The fraction of sp³-hybridized carbons (Fsp3) is 0.263. The predicted octanol–water partition coefficient (Wildman–Crippen LogP) is 3.03. The van der Waals surface area contributed by atoms with Gasteiger partial charge in [-0.15, -0.1) is 11.8 Å². The molecule has 0 bridgehead atoms. The van der Waals surface area contributed by atoms with Crippen LogP contribution in [0.2, 0.25) is 0 Å². The van der Waals surface area contributed by atoms with E-state index in [2.05, 4.69) is 11.4 Å². The first-order chi connectivity index (χ1) is 11.7. The summed E-state index contributed by atoms with van der Waals surface area (Å²) >= 11 is 1.53. The summed E-state index contributed by atoms with van der Waals surface area (Å²) < 4.78 is 0. The topological polar surface area (TPSA) is 73.1 Å². The predicted molar refractivity (Wildman–Crippen MR) is 96.3 cm³/mol. The van der Waals surface area contributed by atoms with Gasteiger partial charge in [-0.1, -0.05) is 42.5 Å². The molecule has 5 heteroatoms. The van der Waals surface area contributed by atoms with E-state index in [1.54, 1.807) is 12.1 Å². The first kappa shape index (κ1) is 18.1. The Morgan fingerprint density at radius 2 is 1.88 bits per heavy atom. The molecule has 124 valence electrons. The van der Waals surface area contributed by atoms with Gasteiger partial charge in [0.1, 0.15) is 0 Å². The molecule has 2 N–H and O–H groups in total. The minimum atomic E-state index is -0.167. The number of aliphatic hydroxyl groups is 1. The molecule has 0 aliphatic rings. The Kier molecular flexibility index (Phi) is 7.34. The van der Waals surface area contributed by atoms with E-state index in [-0.39, 0.29) is 18.6 Å². The van der Waals surface area contributed by atoms with Crippen LogP contribution in [0.5, 0.6) is 0 Å². The first-order valence-corrected chi connectivity index (χ1v) is 8.90. The van der Waals surface area contributed by atoms with Crippen LogP contribution in [-0.4, -0.2) is 23.4 Å². The summed E-state index contributed by atoms with van der Waals surface area (Å²) in [6.07, 6.45) is 0.496. The van der Waals surface area contributed by atoms with E-state index in [1.165, 1.54) is 11.8 Å². The summed E-state index contributed by atoms with van der Waals surface area (Å²) in [6.45, 7) is 0.0260. The Hall–Kier alpha value is -2.29. The summed E-state index contributed by atoms with van der Waals surface area (Å²) in [7, 11) is 0. The fourth-order valence-electron chi connectivity index (χ4n) is 2.31. The van der Waals surface area contributed by atoms with E-state index in [1.807, 2.05) is 42.5 Å². The van der Waals surface area contributed by atoms with Gasteiger partial charge in [-0.25, -0.2) is 0 Å². The third-order valence-electron chi connectivity index (χ3n) is 3.54. The van der Waals surface area contributed by atoms with Gasteiger partial charge in [0.15, 0.2) is 0 Å². The van der Waals surface area contributed by atoms with Gasteiger partial charge >= 0.3 is 0 Å². The lowest BCUT2D eigenvalue weighted by Crippen LogP contribution is -2.30. The van der Waals surface area contributed by atoms with Gasteiger partial charge in [-0.2, -0.15) is 5.26 Å². The van der Waals surface area contributed by atoms with Crippen LogP contribution in [0.1, 0.15) is 29.2 Å². The van der Waals surface area contributed by atoms with Crippen LogP contribution in [-0.2, 0) is 10.5 Å². The normalized spacial score (nSPS) is 11.5. The van der Waals surface area contributed by atoms with E-state index in [0.717, 1.165) is 16.9 Å². The minimum Gasteiger partial charge on any atom is -0.396 e. The number of aliphatic hydroxyl groups excluding tert-OH is 1. The van der Waals surface area contributed by atoms with E-state index < -0.39 is 0 Å². The highest BCUT2D eigenvalue weighted by Crippen LogP contribution is 2.17. The molecule has 2 aromatic carbocycles. The number of hydrogen-bond acceptors (Lipinski definition) is 4. The summed E-state index contributed by atoms with van der Waals surface area (Å²) in [5.74, 6) is 1.03. The fourth-order valence-corrected chi connectivity index (χ4v) is 3.11. The van der Waals surface area contributed by atoms with Gasteiger partial charge < -0.3 is 10.4 Å². The van der Waals surface area contributed by atoms with Crippen molar-refractivity contribution in [3.05, 3.63) is 71.3 Å². The molecule has 0 heterocycles. The number of thioether (sulfide) groups is 1. The van der Waals surface area contributed by atoms with Crippen molar-refractivity contribution in [1.29, 1.82) is 5.26 Å². The minimum absolute atomic E-state index is 0.0260. The maximum atomic E-state index is 12.1. The van der Waals surface area contributed by atoms with Crippen LogP contribution < -0.4 is 5.32 Å². The molecule has 0 saturated carbocycles. The van der Waals surface area contributed by atoms with Crippen LogP contribution in [0.4, 0.5) is 0 Å². The lowest BCUT2D eigenvalue weighted by Gasteiger charge is -2.18. The summed E-state index contributed by atoms with van der Waals surface area (Å²) in [4.78, 5) is 12.1. The first-order valence-electron chi connectivity index (χ1n) is 7.75. The maximum Gasteiger partial charge on any atom is 0.230 e. The van der Waals surface area contributed by atoms with Gasteiger partial charge in [0.2, 0.25) is 5.91 Å². The monoisotopic (exact) mass is 340 g/mol. The zero-order chi connectivity index (χ0) is 17.2. The molecule has 0 radical (unpaired) electrons. The molecule has 0 aromatic heterocycles. The molecule has 2 aromatic rings. The van der Waals surface area contributed by atoms with E-state index >= 15 is 0 Å². The summed E-state index contributed by atoms with van der Waals surface area (Å²) in [6, 6.07) is 19.0. The SMILES string of the molecule is N#Cc1ccc(CSCC(=O)NC(CCO)c2ccccc2)cc1. The second-order valence-corrected chi connectivity index (χ2v) is 6.33. The van der Waals surface area contributed by atoms with Crippen LogP contribution >= 0.6 is 11.8 Å². The number of rotatable bonds is 8. The third-order valence-corrected chi connectivity index (χ3v) is 4.54. The van der Waals surface area contributed by atoms with Gasteiger partial charge in [-0.3, -0.25) is 4.79 Å². The van der Waals surface area contributed by atoms with Crippen LogP contribution in [0.25, 0.3) is 0 Å². The number of amides is 1. The van der Waals surface area contributed by atoms with Crippen molar-refractivity contribution in [3.63, 3.8) is 0 Å². The third kappa shape index (κ3) is 5.73. The lowest BCUT2D eigenvalue weighted by molar-refractivity contribution is -0.119. The largest absolute Gasteiger partial charge is 0.396 e. The van der Waals surface area contributed by atoms with Crippen molar-refractivity contribution >= 4 is 17.7 Å². The Balaban J connectivity index is 1.81. The van der Waals surface area contributed by atoms with Crippen LogP contribution in [0, 0.1) is 11.3 Å². The highest BCUT2D eigenvalue weighted by molar-refractivity contribution is 7.99. The molecule has 0 spiro atoms. The number of carbonyl (C=O) groups excluding carboxylic acids is 1. The second-order valence-electron chi connectivity index (χ2n) is 5.34. The number of nitrogens with zero attached hydrogens (tertiary/aromatic N) is 1. The molecule has 1 amide bonds. The van der Waals surface area contributed by atoms with Crippen molar-refractivity contribution in [1.82, 2.24) is 5.32 Å². The molecule has 1 unspecified atom stereocenters. The molecule has 24 heavy (non-hydrogen) atoms. The van der Waals surface area contributed by atoms with Crippen molar-refractivity contribution in [2.75, 3.05) is 12.4 Å². The molecular formula is C19H20N2O2S. The molecule has 0 saturated heterocycles. The van der Waals surface area contributed by atoms with Gasteiger partial charge in [0.25, 0.3) is 0 Å². The van der Waals surface area contributed by atoms with Crippen LogP contribution in [0.15, 0.2) is 54.6 Å². The number of nitriles is 1. The molecular weight excluding hydrogens is 320 g/mol. The van der Waals surface area contributed by atoms with E-state index in [9.17, 15) is 9.90 Å². The van der Waals surface area contributed by atoms with Gasteiger partial charge in [0.05, 0.1) is 23.4 Å². The number of carbonyl (C=O) groups is 1. The maximum absolute atomic E-state index is 12.1. The number of hydrogen-bond donors (Lipinski definition) is 2. The quantitative estimate of drug-likeness (QED) is 0.775. The van der Waals surface area contributed by atoms with Gasteiger partial charge in [-0.05, 0) is 29.7 Å². The van der Waals surface area contributed by atoms with Gasteiger partial charge in [0, 0.05) is 12.4 Å².